The Hall–Kier alpha value is -3.52. The fourth-order valence-corrected chi connectivity index (χ4v) is 5.21. The number of benzene rings is 2. The highest BCUT2D eigenvalue weighted by molar-refractivity contribution is 6.03. The van der Waals surface area contributed by atoms with E-state index in [4.69, 9.17) is 14.2 Å². The molecule has 190 valence electrons. The Bertz CT molecular complexity index is 1280. The molecule has 0 unspecified atom stereocenters. The number of fused-ring (bicyclic) bond motifs is 3. The molecule has 2 aliphatic rings. The normalized spacial score (nSPS) is 21.5. The molecule has 36 heavy (non-hydrogen) atoms. The Morgan fingerprint density at radius 1 is 1.22 bits per heavy atom. The zero-order valence-electron chi connectivity index (χ0n) is 21.1. The van der Waals surface area contributed by atoms with Crippen molar-refractivity contribution in [2.75, 3.05) is 26.9 Å². The Morgan fingerprint density at radius 3 is 2.81 bits per heavy atom. The van der Waals surface area contributed by atoms with Gasteiger partial charge in [0.2, 0.25) is 5.91 Å². The lowest BCUT2D eigenvalue weighted by atomic mass is 9.93. The molecule has 0 saturated carbocycles. The van der Waals surface area contributed by atoms with Crippen LogP contribution in [0.2, 0.25) is 0 Å². The van der Waals surface area contributed by atoms with Crippen LogP contribution in [-0.4, -0.2) is 59.8 Å². The van der Waals surface area contributed by atoms with Gasteiger partial charge < -0.3 is 29.0 Å². The van der Waals surface area contributed by atoms with Gasteiger partial charge in [-0.2, -0.15) is 0 Å². The maximum atomic E-state index is 14.0. The summed E-state index contributed by atoms with van der Waals surface area (Å²) in [4.78, 5) is 29.5. The lowest BCUT2D eigenvalue weighted by Gasteiger charge is -2.44. The molecule has 0 spiro atoms. The van der Waals surface area contributed by atoms with Gasteiger partial charge in [0.05, 0.1) is 38.4 Å². The van der Waals surface area contributed by atoms with E-state index in [1.165, 1.54) is 0 Å². The second-order valence-electron chi connectivity index (χ2n) is 9.59. The topological polar surface area (TPSA) is 82.0 Å². The molecule has 3 aromatic rings. The van der Waals surface area contributed by atoms with Gasteiger partial charge in [0.15, 0.2) is 0 Å². The van der Waals surface area contributed by atoms with Crippen molar-refractivity contribution in [3.63, 3.8) is 0 Å². The molecule has 0 bridgehead atoms. The third kappa shape index (κ3) is 4.30. The molecule has 1 fully saturated rings. The van der Waals surface area contributed by atoms with Crippen LogP contribution in [0.25, 0.3) is 10.9 Å². The van der Waals surface area contributed by atoms with Crippen LogP contribution in [0.4, 0.5) is 0 Å². The summed E-state index contributed by atoms with van der Waals surface area (Å²) in [5.41, 5.74) is 1.15. The van der Waals surface area contributed by atoms with Crippen LogP contribution in [-0.2, 0) is 22.6 Å². The zero-order valence-corrected chi connectivity index (χ0v) is 21.1. The smallest absolute Gasteiger partial charge is 0.271 e. The summed E-state index contributed by atoms with van der Waals surface area (Å²) in [5.74, 6) is 1.02. The summed E-state index contributed by atoms with van der Waals surface area (Å²) in [6.45, 7) is 6.01. The molecule has 2 aromatic carbocycles. The van der Waals surface area contributed by atoms with Crippen molar-refractivity contribution in [1.82, 2.24) is 14.8 Å². The van der Waals surface area contributed by atoms with Crippen LogP contribution in [0, 0.1) is 0 Å². The Balaban J connectivity index is 1.55. The molecule has 2 amide bonds. The van der Waals surface area contributed by atoms with E-state index >= 15 is 0 Å². The molecule has 1 saturated heterocycles. The van der Waals surface area contributed by atoms with Crippen LogP contribution in [0.15, 0.2) is 48.5 Å². The third-order valence-electron chi connectivity index (χ3n) is 7.24. The largest absolute Gasteiger partial charge is 0.497 e. The average Bonchev–Trinajstić information content (AvgIpc) is 3.54. The maximum absolute atomic E-state index is 14.0. The number of amides is 2. The summed E-state index contributed by atoms with van der Waals surface area (Å²) in [5, 5.41) is 4.01. The summed E-state index contributed by atoms with van der Waals surface area (Å²) in [6, 6.07) is 15.3. The molecule has 8 nitrogen and oxygen atoms in total. The number of methoxy groups -OCH3 is 1. The van der Waals surface area contributed by atoms with Crippen molar-refractivity contribution in [2.24, 2.45) is 0 Å². The third-order valence-corrected chi connectivity index (χ3v) is 7.24. The molecule has 5 rings (SSSR count). The van der Waals surface area contributed by atoms with E-state index in [0.717, 1.165) is 35.9 Å². The van der Waals surface area contributed by atoms with Gasteiger partial charge in [-0.3, -0.25) is 9.59 Å². The molecule has 3 heterocycles. The fraction of sp³-hybridized carbons (Fsp3) is 0.429. The quantitative estimate of drug-likeness (QED) is 0.519. The van der Waals surface area contributed by atoms with Crippen LogP contribution in [0.1, 0.15) is 42.7 Å². The van der Waals surface area contributed by atoms with Crippen LogP contribution in [0.3, 0.4) is 0 Å². The first-order valence-corrected chi connectivity index (χ1v) is 12.5. The second kappa shape index (κ2) is 9.85. The highest BCUT2D eigenvalue weighted by Crippen LogP contribution is 2.36. The number of hydrogen-bond acceptors (Lipinski definition) is 5. The molecule has 0 aliphatic carbocycles. The number of carbonyl (C=O) groups excluding carboxylic acids is 2. The van der Waals surface area contributed by atoms with Crippen LogP contribution in [0.5, 0.6) is 11.5 Å². The summed E-state index contributed by atoms with van der Waals surface area (Å²) in [6.07, 6.45) is 1.93. The minimum Gasteiger partial charge on any atom is -0.497 e. The van der Waals surface area contributed by atoms with Gasteiger partial charge in [0.1, 0.15) is 22.7 Å². The number of carbonyl (C=O) groups is 2. The van der Waals surface area contributed by atoms with E-state index in [1.54, 1.807) is 12.0 Å². The standard InChI is InChI=1S/C28H33N3O5/c1-4-35-25-10-6-5-8-20(25)17-31-26(32)24-14-19-11-12-21(34-3)15-23(19)30(24)18-28(31,2)27(33)29-16-22-9-7-13-36-22/h5-6,8,10-12,14-15,22H,4,7,9,13,16-18H2,1-3H3,(H,29,33)/t22-,28+/m0/s1. The number of ether oxygens (including phenoxy) is 3. The first-order valence-electron chi connectivity index (χ1n) is 12.5. The number of para-hydroxylation sites is 1. The number of nitrogens with zero attached hydrogens (tertiary/aromatic N) is 2. The van der Waals surface area contributed by atoms with Gasteiger partial charge >= 0.3 is 0 Å². The maximum Gasteiger partial charge on any atom is 0.271 e. The molecule has 0 radical (unpaired) electrons. The molecule has 2 aliphatic heterocycles. The predicted molar refractivity (Wildman–Crippen MR) is 136 cm³/mol. The van der Waals surface area contributed by atoms with E-state index < -0.39 is 5.54 Å². The van der Waals surface area contributed by atoms with Crippen LogP contribution < -0.4 is 14.8 Å². The van der Waals surface area contributed by atoms with Gasteiger partial charge in [0, 0.05) is 30.2 Å². The second-order valence-corrected chi connectivity index (χ2v) is 9.59. The monoisotopic (exact) mass is 491 g/mol. The van der Waals surface area contributed by atoms with E-state index in [1.807, 2.05) is 66.9 Å². The Labute approximate surface area is 211 Å². The highest BCUT2D eigenvalue weighted by atomic mass is 16.5. The van der Waals surface area contributed by atoms with E-state index in [0.29, 0.717) is 36.9 Å². The summed E-state index contributed by atoms with van der Waals surface area (Å²) in [7, 11) is 1.62. The first-order chi connectivity index (χ1) is 17.4. The zero-order chi connectivity index (χ0) is 25.3. The molecule has 1 aromatic heterocycles. The number of aromatic nitrogens is 1. The van der Waals surface area contributed by atoms with Crippen molar-refractivity contribution in [3.8, 4) is 11.5 Å². The van der Waals surface area contributed by atoms with Crippen molar-refractivity contribution in [2.45, 2.75) is 51.4 Å². The predicted octanol–water partition coefficient (Wildman–Crippen LogP) is 3.76. The molecule has 2 atom stereocenters. The summed E-state index contributed by atoms with van der Waals surface area (Å²) < 4.78 is 18.9. The van der Waals surface area contributed by atoms with Crippen molar-refractivity contribution >= 4 is 22.7 Å². The fourth-order valence-electron chi connectivity index (χ4n) is 5.21. The molecular formula is C28H33N3O5. The lowest BCUT2D eigenvalue weighted by Crippen LogP contribution is -2.64. The summed E-state index contributed by atoms with van der Waals surface area (Å²) >= 11 is 0. The number of nitrogens with one attached hydrogen (secondary N) is 1. The van der Waals surface area contributed by atoms with E-state index in [9.17, 15) is 9.59 Å². The molecule has 1 N–H and O–H groups in total. The van der Waals surface area contributed by atoms with Gasteiger partial charge in [-0.05, 0) is 51.0 Å². The highest BCUT2D eigenvalue weighted by Gasteiger charge is 2.48. The lowest BCUT2D eigenvalue weighted by molar-refractivity contribution is -0.133. The number of hydrogen-bond donors (Lipinski definition) is 1. The first kappa shape index (κ1) is 24.2. The van der Waals surface area contributed by atoms with Crippen molar-refractivity contribution in [3.05, 3.63) is 59.8 Å². The van der Waals surface area contributed by atoms with Gasteiger partial charge in [-0.15, -0.1) is 0 Å². The van der Waals surface area contributed by atoms with Crippen molar-refractivity contribution < 1.29 is 23.8 Å². The Morgan fingerprint density at radius 2 is 2.06 bits per heavy atom. The van der Waals surface area contributed by atoms with Gasteiger partial charge in [-0.25, -0.2) is 0 Å². The van der Waals surface area contributed by atoms with Crippen LogP contribution >= 0.6 is 0 Å². The SMILES string of the molecule is CCOc1ccccc1CN1C(=O)c2cc3ccc(OC)cc3n2C[C@]1(C)C(=O)NC[C@@H]1CCCO1. The van der Waals surface area contributed by atoms with E-state index in [2.05, 4.69) is 5.32 Å². The molecular weight excluding hydrogens is 458 g/mol. The minimum atomic E-state index is -1.13. The molecule has 8 heteroatoms. The van der Waals surface area contributed by atoms with Gasteiger partial charge in [-0.1, -0.05) is 18.2 Å². The minimum absolute atomic E-state index is 0.0104. The average molecular weight is 492 g/mol. The van der Waals surface area contributed by atoms with Gasteiger partial charge in [0.25, 0.3) is 5.91 Å². The van der Waals surface area contributed by atoms with E-state index in [-0.39, 0.29) is 24.5 Å². The van der Waals surface area contributed by atoms with Crippen molar-refractivity contribution in [1.29, 1.82) is 0 Å². The number of rotatable bonds is 8. The Kier molecular flexibility index (Phi) is 6.62.